The molecule has 0 aliphatic carbocycles. The molecule has 1 atom stereocenters. The van der Waals surface area contributed by atoms with Crippen LogP contribution in [0.2, 0.25) is 0 Å². The average Bonchev–Trinajstić information content (AvgIpc) is 2.60. The molecule has 2 aromatic rings. The average molecular weight is 339 g/mol. The third-order valence-corrected chi connectivity index (χ3v) is 3.76. The molecule has 0 aliphatic heterocycles. The molecule has 0 spiro atoms. The summed E-state index contributed by atoms with van der Waals surface area (Å²) < 4.78 is 0. The highest BCUT2D eigenvalue weighted by Gasteiger charge is 2.21. The Hall–Kier alpha value is -2.69. The Kier molecular flexibility index (Phi) is 7.14. The lowest BCUT2D eigenvalue weighted by Crippen LogP contribution is -2.47. The van der Waals surface area contributed by atoms with Gasteiger partial charge in [0, 0.05) is 18.9 Å². The summed E-state index contributed by atoms with van der Waals surface area (Å²) in [5, 5.41) is 5.75. The van der Waals surface area contributed by atoms with Gasteiger partial charge in [0.15, 0.2) is 0 Å². The Labute approximate surface area is 148 Å². The van der Waals surface area contributed by atoms with Crippen LogP contribution in [0.5, 0.6) is 0 Å². The minimum atomic E-state index is -0.534. The van der Waals surface area contributed by atoms with Crippen LogP contribution >= 0.6 is 0 Å². The van der Waals surface area contributed by atoms with Gasteiger partial charge in [0.05, 0.1) is 6.42 Å². The summed E-state index contributed by atoms with van der Waals surface area (Å²) in [7, 11) is 0. The van der Waals surface area contributed by atoms with Gasteiger partial charge in [-0.1, -0.05) is 50.2 Å². The number of aromatic nitrogens is 1. The summed E-state index contributed by atoms with van der Waals surface area (Å²) >= 11 is 0. The highest BCUT2D eigenvalue weighted by molar-refractivity contribution is 5.88. The van der Waals surface area contributed by atoms with Crippen LogP contribution < -0.4 is 10.6 Å². The molecule has 0 unspecified atom stereocenters. The maximum atomic E-state index is 12.5. The molecular formula is C20H25N3O2. The number of rotatable bonds is 8. The lowest BCUT2D eigenvalue weighted by atomic mass is 10.0. The summed E-state index contributed by atoms with van der Waals surface area (Å²) in [6, 6.07) is 12.7. The summed E-state index contributed by atoms with van der Waals surface area (Å²) in [6.45, 7) is 4.46. The van der Waals surface area contributed by atoms with E-state index in [4.69, 9.17) is 0 Å². The van der Waals surface area contributed by atoms with Gasteiger partial charge in [-0.05, 0) is 29.5 Å². The molecule has 1 heterocycles. The molecule has 0 aliphatic rings. The number of nitrogens with zero attached hydrogens (tertiary/aromatic N) is 1. The Morgan fingerprint density at radius 1 is 1.04 bits per heavy atom. The van der Waals surface area contributed by atoms with E-state index in [-0.39, 0.29) is 18.2 Å². The van der Waals surface area contributed by atoms with Crippen LogP contribution in [-0.2, 0) is 22.6 Å². The van der Waals surface area contributed by atoms with Gasteiger partial charge < -0.3 is 10.6 Å². The van der Waals surface area contributed by atoms with Crippen molar-refractivity contribution in [1.29, 1.82) is 0 Å². The molecule has 0 radical (unpaired) electrons. The molecule has 2 N–H and O–H groups in total. The second-order valence-corrected chi connectivity index (χ2v) is 6.49. The molecule has 1 aromatic heterocycles. The molecule has 25 heavy (non-hydrogen) atoms. The number of pyridine rings is 1. The fourth-order valence-corrected chi connectivity index (χ4v) is 2.54. The molecule has 0 bridgehead atoms. The first kappa shape index (κ1) is 18.6. The summed E-state index contributed by atoms with van der Waals surface area (Å²) in [5.41, 5.74) is 1.86. The predicted molar refractivity (Wildman–Crippen MR) is 97.6 cm³/mol. The molecule has 0 saturated heterocycles. The fourth-order valence-electron chi connectivity index (χ4n) is 2.54. The first-order valence-electron chi connectivity index (χ1n) is 8.54. The highest BCUT2D eigenvalue weighted by Crippen LogP contribution is 2.07. The number of nitrogens with one attached hydrogen (secondary N) is 2. The number of hydrogen-bond acceptors (Lipinski definition) is 3. The monoisotopic (exact) mass is 339 g/mol. The van der Waals surface area contributed by atoms with Gasteiger partial charge in [0.25, 0.3) is 0 Å². The van der Waals surface area contributed by atoms with E-state index in [1.54, 1.807) is 12.4 Å². The zero-order valence-corrected chi connectivity index (χ0v) is 14.7. The molecular weight excluding hydrogens is 314 g/mol. The second kappa shape index (κ2) is 9.57. The molecule has 2 amide bonds. The number of benzene rings is 1. The minimum Gasteiger partial charge on any atom is -0.350 e. The van der Waals surface area contributed by atoms with Crippen molar-refractivity contribution < 1.29 is 9.59 Å². The number of amides is 2. The van der Waals surface area contributed by atoms with Crippen molar-refractivity contribution in [2.45, 2.75) is 39.3 Å². The fraction of sp³-hybridized carbons (Fsp3) is 0.350. The normalized spacial score (nSPS) is 11.8. The van der Waals surface area contributed by atoms with Gasteiger partial charge in [-0.15, -0.1) is 0 Å². The zero-order chi connectivity index (χ0) is 18.1. The van der Waals surface area contributed by atoms with Crippen LogP contribution in [0.1, 0.15) is 31.4 Å². The van der Waals surface area contributed by atoms with E-state index in [0.29, 0.717) is 18.9 Å². The quantitative estimate of drug-likeness (QED) is 0.776. The second-order valence-electron chi connectivity index (χ2n) is 6.49. The van der Waals surface area contributed by atoms with Gasteiger partial charge in [-0.25, -0.2) is 0 Å². The van der Waals surface area contributed by atoms with Gasteiger partial charge >= 0.3 is 0 Å². The summed E-state index contributed by atoms with van der Waals surface area (Å²) in [4.78, 5) is 28.8. The van der Waals surface area contributed by atoms with Crippen molar-refractivity contribution in [3.8, 4) is 0 Å². The molecule has 5 nitrogen and oxygen atoms in total. The van der Waals surface area contributed by atoms with Crippen LogP contribution in [-0.4, -0.2) is 22.8 Å². The summed E-state index contributed by atoms with van der Waals surface area (Å²) in [6.07, 6.45) is 4.27. The number of carbonyl (C=O) groups is 2. The third-order valence-electron chi connectivity index (χ3n) is 3.76. The lowest BCUT2D eigenvalue weighted by Gasteiger charge is -2.20. The Bertz CT molecular complexity index is 672. The van der Waals surface area contributed by atoms with Crippen molar-refractivity contribution in [1.82, 2.24) is 15.6 Å². The van der Waals surface area contributed by atoms with Crippen LogP contribution in [0, 0.1) is 5.92 Å². The smallest absolute Gasteiger partial charge is 0.242 e. The molecule has 1 aromatic carbocycles. The van der Waals surface area contributed by atoms with Crippen molar-refractivity contribution >= 4 is 11.8 Å². The van der Waals surface area contributed by atoms with Crippen molar-refractivity contribution in [2.75, 3.05) is 0 Å². The number of carbonyl (C=O) groups excluding carboxylic acids is 2. The van der Waals surface area contributed by atoms with Crippen molar-refractivity contribution in [3.63, 3.8) is 0 Å². The van der Waals surface area contributed by atoms with E-state index in [1.807, 2.05) is 56.3 Å². The zero-order valence-electron chi connectivity index (χ0n) is 14.7. The molecule has 2 rings (SSSR count). The van der Waals surface area contributed by atoms with Crippen LogP contribution in [0.4, 0.5) is 0 Å². The maximum absolute atomic E-state index is 12.5. The maximum Gasteiger partial charge on any atom is 0.242 e. The topological polar surface area (TPSA) is 71.1 Å². The van der Waals surface area contributed by atoms with E-state index in [2.05, 4.69) is 15.6 Å². The van der Waals surface area contributed by atoms with Gasteiger partial charge in [0.1, 0.15) is 6.04 Å². The van der Waals surface area contributed by atoms with Crippen molar-refractivity contribution in [3.05, 3.63) is 66.0 Å². The minimum absolute atomic E-state index is 0.145. The van der Waals surface area contributed by atoms with Crippen LogP contribution in [0.15, 0.2) is 54.9 Å². The van der Waals surface area contributed by atoms with Gasteiger partial charge in [0.2, 0.25) is 11.8 Å². The molecule has 0 fully saturated rings. The highest BCUT2D eigenvalue weighted by atomic mass is 16.2. The van der Waals surface area contributed by atoms with Gasteiger partial charge in [-0.2, -0.15) is 0 Å². The standard InChI is InChI=1S/C20H25N3O2/c1-15(2)11-18(20(25)22-14-17-9-6-10-21-13-17)23-19(24)12-16-7-4-3-5-8-16/h3-10,13,15,18H,11-12,14H2,1-2H3,(H,22,25)(H,23,24)/t18-/m0/s1. The lowest BCUT2D eigenvalue weighted by molar-refractivity contribution is -0.129. The van der Waals surface area contributed by atoms with Gasteiger partial charge in [-0.3, -0.25) is 14.6 Å². The van der Waals surface area contributed by atoms with E-state index in [1.165, 1.54) is 0 Å². The van der Waals surface area contributed by atoms with Crippen LogP contribution in [0.25, 0.3) is 0 Å². The molecule has 132 valence electrons. The largest absolute Gasteiger partial charge is 0.350 e. The Morgan fingerprint density at radius 3 is 2.40 bits per heavy atom. The first-order chi connectivity index (χ1) is 12.0. The Balaban J connectivity index is 1.92. The van der Waals surface area contributed by atoms with E-state index in [0.717, 1.165) is 11.1 Å². The predicted octanol–water partition coefficient (Wildman–Crippen LogP) is 2.47. The number of hydrogen-bond donors (Lipinski definition) is 2. The van der Waals surface area contributed by atoms with Crippen molar-refractivity contribution in [2.24, 2.45) is 5.92 Å². The van der Waals surface area contributed by atoms with Crippen LogP contribution in [0.3, 0.4) is 0 Å². The Morgan fingerprint density at radius 2 is 1.76 bits per heavy atom. The first-order valence-corrected chi connectivity index (χ1v) is 8.54. The molecule has 5 heteroatoms. The SMILES string of the molecule is CC(C)C[C@H](NC(=O)Cc1ccccc1)C(=O)NCc1cccnc1. The summed E-state index contributed by atoms with van der Waals surface area (Å²) in [5.74, 6) is -0.0153. The molecule has 0 saturated carbocycles. The van der Waals surface area contributed by atoms with E-state index >= 15 is 0 Å². The third kappa shape index (κ3) is 6.75. The van der Waals surface area contributed by atoms with E-state index in [9.17, 15) is 9.59 Å². The van der Waals surface area contributed by atoms with E-state index < -0.39 is 6.04 Å².